The molecule has 0 aliphatic carbocycles. The SMILES string of the molecule is CCCCNCC(O)COc1ccccc1-c1ccc(N/N=C/c2cccc3ccccc23)nn1. The summed E-state index contributed by atoms with van der Waals surface area (Å²) in [6, 6.07) is 25.6. The van der Waals surface area contributed by atoms with Crippen molar-refractivity contribution < 1.29 is 9.84 Å². The molecule has 3 N–H and O–H groups in total. The second-order valence-electron chi connectivity index (χ2n) is 8.26. The number of hydrogen-bond donors (Lipinski definition) is 3. The van der Waals surface area contributed by atoms with E-state index in [1.807, 2.05) is 60.7 Å². The molecular formula is C28H31N5O2. The molecule has 35 heavy (non-hydrogen) atoms. The van der Waals surface area contributed by atoms with Crippen LogP contribution in [0.15, 0.2) is 84.0 Å². The average molecular weight is 470 g/mol. The van der Waals surface area contributed by atoms with E-state index in [0.717, 1.165) is 35.9 Å². The second kappa shape index (κ2) is 12.6. The minimum absolute atomic E-state index is 0.200. The van der Waals surface area contributed by atoms with Gasteiger partial charge in [-0.1, -0.05) is 67.9 Å². The largest absolute Gasteiger partial charge is 0.490 e. The average Bonchev–Trinajstić information content (AvgIpc) is 2.91. The van der Waals surface area contributed by atoms with Crippen LogP contribution in [0.1, 0.15) is 25.3 Å². The number of ether oxygens (including phenoxy) is 1. The molecule has 0 aliphatic rings. The summed E-state index contributed by atoms with van der Waals surface area (Å²) < 4.78 is 5.89. The summed E-state index contributed by atoms with van der Waals surface area (Å²) in [5, 5.41) is 28.7. The summed E-state index contributed by atoms with van der Waals surface area (Å²) in [6.45, 7) is 3.74. The normalized spacial score (nSPS) is 12.2. The third kappa shape index (κ3) is 6.85. The van der Waals surface area contributed by atoms with Crippen LogP contribution >= 0.6 is 0 Å². The van der Waals surface area contributed by atoms with Crippen LogP contribution < -0.4 is 15.5 Å². The zero-order valence-electron chi connectivity index (χ0n) is 19.9. The Morgan fingerprint density at radius 3 is 2.66 bits per heavy atom. The van der Waals surface area contributed by atoms with Gasteiger partial charge in [0.1, 0.15) is 18.5 Å². The maximum Gasteiger partial charge on any atom is 0.168 e. The van der Waals surface area contributed by atoms with Gasteiger partial charge in [-0.3, -0.25) is 5.43 Å². The summed E-state index contributed by atoms with van der Waals surface area (Å²) in [7, 11) is 0. The predicted molar refractivity (Wildman–Crippen MR) is 142 cm³/mol. The standard InChI is InChI=1S/C28H31N5O2/c1-2-3-17-29-19-23(34)20-35-27-14-7-6-13-25(27)26-15-16-28(33-31-26)32-30-18-22-11-8-10-21-9-4-5-12-24(21)22/h4-16,18,23,29,34H,2-3,17,19-20H2,1H3,(H,32,33)/b30-18+. The van der Waals surface area contributed by atoms with E-state index in [4.69, 9.17) is 4.74 Å². The maximum absolute atomic E-state index is 10.2. The highest BCUT2D eigenvalue weighted by Crippen LogP contribution is 2.28. The molecule has 3 aromatic carbocycles. The fourth-order valence-electron chi connectivity index (χ4n) is 3.69. The van der Waals surface area contributed by atoms with Gasteiger partial charge in [-0.15, -0.1) is 10.2 Å². The molecule has 0 bridgehead atoms. The van der Waals surface area contributed by atoms with E-state index in [9.17, 15) is 5.11 Å². The number of hydrazone groups is 1. The molecule has 1 heterocycles. The first-order valence-corrected chi connectivity index (χ1v) is 12.0. The van der Waals surface area contributed by atoms with E-state index in [-0.39, 0.29) is 6.61 Å². The quantitative estimate of drug-likeness (QED) is 0.156. The number of rotatable bonds is 12. The van der Waals surface area contributed by atoms with Crippen LogP contribution in [0.25, 0.3) is 22.0 Å². The van der Waals surface area contributed by atoms with Gasteiger partial charge in [-0.2, -0.15) is 5.10 Å². The lowest BCUT2D eigenvalue weighted by Gasteiger charge is -2.15. The molecule has 0 amide bonds. The second-order valence-corrected chi connectivity index (χ2v) is 8.26. The van der Waals surface area contributed by atoms with E-state index in [2.05, 4.69) is 51.2 Å². The summed E-state index contributed by atoms with van der Waals surface area (Å²) in [5.74, 6) is 1.20. The molecule has 0 fully saturated rings. The highest BCUT2D eigenvalue weighted by Gasteiger charge is 2.11. The highest BCUT2D eigenvalue weighted by atomic mass is 16.5. The first-order chi connectivity index (χ1) is 17.2. The molecular weight excluding hydrogens is 438 g/mol. The molecule has 4 aromatic rings. The number of para-hydroxylation sites is 1. The molecule has 0 saturated carbocycles. The Kier molecular flexibility index (Phi) is 8.75. The summed E-state index contributed by atoms with van der Waals surface area (Å²) >= 11 is 0. The Morgan fingerprint density at radius 1 is 0.971 bits per heavy atom. The Labute approximate surface area is 205 Å². The van der Waals surface area contributed by atoms with Crippen molar-refractivity contribution in [2.45, 2.75) is 25.9 Å². The monoisotopic (exact) mass is 469 g/mol. The van der Waals surface area contributed by atoms with Crippen LogP contribution in [-0.2, 0) is 0 Å². The molecule has 0 aliphatic heterocycles. The van der Waals surface area contributed by atoms with Crippen molar-refractivity contribution in [3.05, 3.63) is 84.4 Å². The fourth-order valence-corrected chi connectivity index (χ4v) is 3.69. The van der Waals surface area contributed by atoms with Crippen LogP contribution in [0, 0.1) is 0 Å². The zero-order chi connectivity index (χ0) is 24.3. The minimum Gasteiger partial charge on any atom is -0.490 e. The number of unbranched alkanes of at least 4 members (excludes halogenated alkanes) is 1. The Bertz CT molecular complexity index is 1240. The Balaban J connectivity index is 1.37. The first kappa shape index (κ1) is 24.3. The molecule has 180 valence electrons. The van der Waals surface area contributed by atoms with Gasteiger partial charge in [0.05, 0.1) is 11.9 Å². The maximum atomic E-state index is 10.2. The smallest absolute Gasteiger partial charge is 0.168 e. The molecule has 7 nitrogen and oxygen atoms in total. The Hall–Kier alpha value is -3.81. The third-order valence-corrected chi connectivity index (χ3v) is 5.55. The third-order valence-electron chi connectivity index (χ3n) is 5.55. The molecule has 0 saturated heterocycles. The number of anilines is 1. The van der Waals surface area contributed by atoms with Crippen LogP contribution in [0.4, 0.5) is 5.82 Å². The van der Waals surface area contributed by atoms with Crippen molar-refractivity contribution >= 4 is 22.8 Å². The lowest BCUT2D eigenvalue weighted by Crippen LogP contribution is -2.32. The summed E-state index contributed by atoms with van der Waals surface area (Å²) in [6.07, 6.45) is 3.41. The number of aromatic nitrogens is 2. The van der Waals surface area contributed by atoms with Crippen molar-refractivity contribution in [3.8, 4) is 17.0 Å². The lowest BCUT2D eigenvalue weighted by atomic mass is 10.1. The van der Waals surface area contributed by atoms with Gasteiger partial charge in [-0.25, -0.2) is 0 Å². The minimum atomic E-state index is -0.586. The summed E-state index contributed by atoms with van der Waals surface area (Å²) in [4.78, 5) is 0. The van der Waals surface area contributed by atoms with E-state index in [1.165, 1.54) is 5.39 Å². The lowest BCUT2D eigenvalue weighted by molar-refractivity contribution is 0.107. The first-order valence-electron chi connectivity index (χ1n) is 12.0. The molecule has 1 atom stereocenters. The van der Waals surface area contributed by atoms with Gasteiger partial charge in [-0.05, 0) is 48.0 Å². The van der Waals surface area contributed by atoms with E-state index in [0.29, 0.717) is 23.8 Å². The van der Waals surface area contributed by atoms with Gasteiger partial charge >= 0.3 is 0 Å². The topological polar surface area (TPSA) is 91.7 Å². The van der Waals surface area contributed by atoms with Gasteiger partial charge in [0.25, 0.3) is 0 Å². The number of aliphatic hydroxyl groups is 1. The zero-order valence-corrected chi connectivity index (χ0v) is 19.9. The molecule has 1 unspecified atom stereocenters. The highest BCUT2D eigenvalue weighted by molar-refractivity contribution is 5.99. The van der Waals surface area contributed by atoms with Crippen molar-refractivity contribution in [1.82, 2.24) is 15.5 Å². The molecule has 7 heteroatoms. The van der Waals surface area contributed by atoms with Gasteiger partial charge < -0.3 is 15.2 Å². The van der Waals surface area contributed by atoms with E-state index < -0.39 is 6.10 Å². The van der Waals surface area contributed by atoms with Crippen LogP contribution in [0.2, 0.25) is 0 Å². The Morgan fingerprint density at radius 2 is 1.80 bits per heavy atom. The number of nitrogens with one attached hydrogen (secondary N) is 2. The van der Waals surface area contributed by atoms with E-state index >= 15 is 0 Å². The number of fused-ring (bicyclic) bond motifs is 1. The fraction of sp³-hybridized carbons (Fsp3) is 0.250. The van der Waals surface area contributed by atoms with Crippen LogP contribution in [0.5, 0.6) is 5.75 Å². The molecule has 4 rings (SSSR count). The summed E-state index contributed by atoms with van der Waals surface area (Å²) in [5.41, 5.74) is 5.46. The molecule has 1 aromatic heterocycles. The van der Waals surface area contributed by atoms with Crippen molar-refractivity contribution in [2.24, 2.45) is 5.10 Å². The van der Waals surface area contributed by atoms with Crippen LogP contribution in [0.3, 0.4) is 0 Å². The van der Waals surface area contributed by atoms with Gasteiger partial charge in [0.2, 0.25) is 0 Å². The van der Waals surface area contributed by atoms with Crippen molar-refractivity contribution in [2.75, 3.05) is 25.1 Å². The number of aliphatic hydroxyl groups excluding tert-OH is 1. The number of hydrogen-bond acceptors (Lipinski definition) is 7. The molecule has 0 spiro atoms. The number of nitrogens with zero attached hydrogens (tertiary/aromatic N) is 3. The predicted octanol–water partition coefficient (Wildman–Crippen LogP) is 4.87. The van der Waals surface area contributed by atoms with Gasteiger partial charge in [0, 0.05) is 17.7 Å². The van der Waals surface area contributed by atoms with E-state index in [1.54, 1.807) is 6.21 Å². The molecule has 0 radical (unpaired) electrons. The van der Waals surface area contributed by atoms with Gasteiger partial charge in [0.15, 0.2) is 5.82 Å². The van der Waals surface area contributed by atoms with Crippen molar-refractivity contribution in [3.63, 3.8) is 0 Å². The van der Waals surface area contributed by atoms with Crippen LogP contribution in [-0.4, -0.2) is 47.3 Å². The number of benzene rings is 3. The van der Waals surface area contributed by atoms with Crippen molar-refractivity contribution in [1.29, 1.82) is 0 Å².